The molecule has 1 saturated heterocycles. The molecule has 0 bridgehead atoms. The summed E-state index contributed by atoms with van der Waals surface area (Å²) in [6.45, 7) is 1.05. The number of carbonyl (C=O) groups excluding carboxylic acids is 1. The van der Waals surface area contributed by atoms with Gasteiger partial charge in [-0.2, -0.15) is 0 Å². The molecule has 1 unspecified atom stereocenters. The molecule has 0 aromatic carbocycles. The second-order valence-corrected chi connectivity index (χ2v) is 4.30. The lowest BCUT2D eigenvalue weighted by molar-refractivity contribution is 0.0765. The van der Waals surface area contributed by atoms with Crippen LogP contribution in [0.3, 0.4) is 0 Å². The van der Waals surface area contributed by atoms with E-state index < -0.39 is 0 Å². The van der Waals surface area contributed by atoms with E-state index in [4.69, 9.17) is 0 Å². The van der Waals surface area contributed by atoms with E-state index in [2.05, 4.69) is 4.98 Å². The number of amides is 1. The molecule has 1 aliphatic heterocycles. The molecule has 0 aliphatic carbocycles. The third-order valence-electron chi connectivity index (χ3n) is 3.10. The number of imidazole rings is 1. The lowest BCUT2D eigenvalue weighted by Crippen LogP contribution is -2.29. The Bertz CT molecular complexity index is 564. The maximum atomic E-state index is 12.1. The van der Waals surface area contributed by atoms with Gasteiger partial charge in [-0.1, -0.05) is 0 Å². The van der Waals surface area contributed by atoms with Gasteiger partial charge in [0.25, 0.3) is 5.91 Å². The van der Waals surface area contributed by atoms with Gasteiger partial charge >= 0.3 is 0 Å². The minimum atomic E-state index is -0.380. The molecule has 17 heavy (non-hydrogen) atoms. The van der Waals surface area contributed by atoms with E-state index in [1.807, 2.05) is 16.8 Å². The molecule has 1 aliphatic rings. The van der Waals surface area contributed by atoms with E-state index in [9.17, 15) is 9.90 Å². The van der Waals surface area contributed by atoms with Crippen LogP contribution in [-0.2, 0) is 0 Å². The predicted octanol–water partition coefficient (Wildman–Crippen LogP) is 0.541. The van der Waals surface area contributed by atoms with E-state index in [0.717, 1.165) is 5.65 Å². The number of nitrogens with zero attached hydrogens (tertiary/aromatic N) is 3. The average Bonchev–Trinajstić information content (AvgIpc) is 2.95. The van der Waals surface area contributed by atoms with Crippen molar-refractivity contribution in [3.8, 4) is 0 Å². The first kappa shape index (κ1) is 10.3. The Kier molecular flexibility index (Phi) is 2.33. The number of likely N-dealkylation sites (tertiary alicyclic amines) is 1. The average molecular weight is 231 g/mol. The van der Waals surface area contributed by atoms with Crippen molar-refractivity contribution in [3.63, 3.8) is 0 Å². The lowest BCUT2D eigenvalue weighted by atomic mass is 10.2. The van der Waals surface area contributed by atoms with Crippen LogP contribution in [0.4, 0.5) is 0 Å². The molecular formula is C12H13N3O2. The van der Waals surface area contributed by atoms with Crippen LogP contribution in [0.25, 0.3) is 5.65 Å². The van der Waals surface area contributed by atoms with E-state index in [-0.39, 0.29) is 12.0 Å². The number of carbonyl (C=O) groups is 1. The van der Waals surface area contributed by atoms with Crippen LogP contribution in [0, 0.1) is 0 Å². The highest BCUT2D eigenvalue weighted by Crippen LogP contribution is 2.14. The molecule has 2 aromatic heterocycles. The molecular weight excluding hydrogens is 218 g/mol. The first-order chi connectivity index (χ1) is 8.24. The van der Waals surface area contributed by atoms with Gasteiger partial charge < -0.3 is 14.4 Å². The zero-order chi connectivity index (χ0) is 11.8. The molecule has 3 rings (SSSR count). The SMILES string of the molecule is O=C(c1ccn2ccnc2c1)N1CCC(O)C1. The standard InChI is InChI=1S/C12H13N3O2/c16-10-2-5-15(8-10)12(17)9-1-4-14-6-3-13-11(14)7-9/h1,3-4,6-7,10,16H,2,5,8H2. The van der Waals surface area contributed by atoms with Gasteiger partial charge in [0.15, 0.2) is 0 Å². The summed E-state index contributed by atoms with van der Waals surface area (Å²) >= 11 is 0. The number of aliphatic hydroxyl groups excluding tert-OH is 1. The predicted molar refractivity (Wildman–Crippen MR) is 61.7 cm³/mol. The monoisotopic (exact) mass is 231 g/mol. The van der Waals surface area contributed by atoms with Gasteiger partial charge in [-0.3, -0.25) is 4.79 Å². The zero-order valence-electron chi connectivity index (χ0n) is 9.28. The first-order valence-electron chi connectivity index (χ1n) is 5.64. The van der Waals surface area contributed by atoms with Gasteiger partial charge in [-0.25, -0.2) is 4.98 Å². The van der Waals surface area contributed by atoms with E-state index >= 15 is 0 Å². The highest BCUT2D eigenvalue weighted by molar-refractivity contribution is 5.95. The Hall–Kier alpha value is -1.88. The third-order valence-corrected chi connectivity index (χ3v) is 3.10. The number of hydrogen-bond donors (Lipinski definition) is 1. The van der Waals surface area contributed by atoms with Crippen LogP contribution >= 0.6 is 0 Å². The largest absolute Gasteiger partial charge is 0.391 e. The fourth-order valence-electron chi connectivity index (χ4n) is 2.15. The Morgan fingerprint density at radius 3 is 3.12 bits per heavy atom. The van der Waals surface area contributed by atoms with Crippen LogP contribution in [0.15, 0.2) is 30.7 Å². The van der Waals surface area contributed by atoms with Crippen LogP contribution in [-0.4, -0.2) is 44.5 Å². The number of hydrogen-bond acceptors (Lipinski definition) is 3. The number of pyridine rings is 1. The minimum absolute atomic E-state index is 0.0351. The number of β-amino-alcohol motifs (C(OH)–C–C–N with tert-alkyl or cyclic N) is 1. The summed E-state index contributed by atoms with van der Waals surface area (Å²) in [5.74, 6) is -0.0351. The maximum Gasteiger partial charge on any atom is 0.254 e. The van der Waals surface area contributed by atoms with Gasteiger partial charge in [0.2, 0.25) is 0 Å². The van der Waals surface area contributed by atoms with Gasteiger partial charge in [0.05, 0.1) is 6.10 Å². The van der Waals surface area contributed by atoms with Crippen molar-refractivity contribution in [2.75, 3.05) is 13.1 Å². The summed E-state index contributed by atoms with van der Waals surface area (Å²) < 4.78 is 1.86. The number of fused-ring (bicyclic) bond motifs is 1. The Balaban J connectivity index is 1.89. The molecule has 1 amide bonds. The summed E-state index contributed by atoms with van der Waals surface area (Å²) in [7, 11) is 0. The van der Waals surface area contributed by atoms with Gasteiger partial charge in [0.1, 0.15) is 5.65 Å². The smallest absolute Gasteiger partial charge is 0.254 e. The van der Waals surface area contributed by atoms with Gasteiger partial charge in [-0.15, -0.1) is 0 Å². The van der Waals surface area contributed by atoms with Crippen molar-refractivity contribution >= 4 is 11.6 Å². The number of rotatable bonds is 1. The van der Waals surface area contributed by atoms with E-state index in [1.54, 1.807) is 23.2 Å². The number of aliphatic hydroxyl groups is 1. The van der Waals surface area contributed by atoms with Crippen LogP contribution < -0.4 is 0 Å². The van der Waals surface area contributed by atoms with Crippen molar-refractivity contribution in [1.29, 1.82) is 0 Å². The molecule has 5 heteroatoms. The Morgan fingerprint density at radius 2 is 2.35 bits per heavy atom. The van der Waals surface area contributed by atoms with E-state index in [1.165, 1.54) is 0 Å². The van der Waals surface area contributed by atoms with Crippen LogP contribution in [0.1, 0.15) is 16.8 Å². The highest BCUT2D eigenvalue weighted by Gasteiger charge is 2.25. The zero-order valence-corrected chi connectivity index (χ0v) is 9.28. The molecule has 1 fully saturated rings. The molecule has 88 valence electrons. The van der Waals surface area contributed by atoms with Crippen molar-refractivity contribution < 1.29 is 9.90 Å². The maximum absolute atomic E-state index is 12.1. The fourth-order valence-corrected chi connectivity index (χ4v) is 2.15. The molecule has 0 saturated carbocycles. The summed E-state index contributed by atoms with van der Waals surface area (Å²) in [5, 5.41) is 9.42. The second-order valence-electron chi connectivity index (χ2n) is 4.30. The quantitative estimate of drug-likeness (QED) is 0.779. The Labute approximate surface area is 98.3 Å². The highest BCUT2D eigenvalue weighted by atomic mass is 16.3. The Morgan fingerprint density at radius 1 is 1.47 bits per heavy atom. The topological polar surface area (TPSA) is 57.8 Å². The van der Waals surface area contributed by atoms with Crippen molar-refractivity contribution in [3.05, 3.63) is 36.3 Å². The van der Waals surface area contributed by atoms with E-state index in [0.29, 0.717) is 25.1 Å². The number of aromatic nitrogens is 2. The normalized spacial score (nSPS) is 20.1. The summed E-state index contributed by atoms with van der Waals surface area (Å²) in [4.78, 5) is 18.0. The molecule has 5 nitrogen and oxygen atoms in total. The molecule has 1 atom stereocenters. The van der Waals surface area contributed by atoms with Gasteiger partial charge in [-0.05, 0) is 18.6 Å². The third kappa shape index (κ3) is 1.78. The van der Waals surface area contributed by atoms with Crippen molar-refractivity contribution in [2.45, 2.75) is 12.5 Å². The van der Waals surface area contributed by atoms with Crippen molar-refractivity contribution in [2.24, 2.45) is 0 Å². The van der Waals surface area contributed by atoms with Gasteiger partial charge in [0, 0.05) is 37.2 Å². The summed E-state index contributed by atoms with van der Waals surface area (Å²) in [6, 6.07) is 3.55. The molecule has 2 aromatic rings. The molecule has 0 spiro atoms. The lowest BCUT2D eigenvalue weighted by Gasteiger charge is -2.15. The molecule has 1 N–H and O–H groups in total. The molecule has 3 heterocycles. The fraction of sp³-hybridized carbons (Fsp3) is 0.333. The molecule has 0 radical (unpaired) electrons. The first-order valence-corrected chi connectivity index (χ1v) is 5.64. The minimum Gasteiger partial charge on any atom is -0.391 e. The summed E-state index contributed by atoms with van der Waals surface area (Å²) in [5.41, 5.74) is 1.38. The van der Waals surface area contributed by atoms with Crippen LogP contribution in [0.5, 0.6) is 0 Å². The second kappa shape index (κ2) is 3.85. The van der Waals surface area contributed by atoms with Crippen molar-refractivity contribution in [1.82, 2.24) is 14.3 Å². The summed E-state index contributed by atoms with van der Waals surface area (Å²) in [6.07, 6.45) is 5.64. The van der Waals surface area contributed by atoms with Crippen LogP contribution in [0.2, 0.25) is 0 Å².